The topological polar surface area (TPSA) is 32.3 Å². The van der Waals surface area contributed by atoms with Crippen LogP contribution in [-0.4, -0.2) is 22.7 Å². The highest BCUT2D eigenvalue weighted by molar-refractivity contribution is 8.00. The summed E-state index contributed by atoms with van der Waals surface area (Å²) in [6.45, 7) is 1.11. The summed E-state index contributed by atoms with van der Waals surface area (Å²) in [5.41, 5.74) is 2.73. The summed E-state index contributed by atoms with van der Waals surface area (Å²) in [6, 6.07) is 6.28. The van der Waals surface area contributed by atoms with Crippen LogP contribution in [0.15, 0.2) is 18.2 Å². The van der Waals surface area contributed by atoms with E-state index in [1.807, 2.05) is 23.9 Å². The molecule has 0 bridgehead atoms. The van der Waals surface area contributed by atoms with Crippen molar-refractivity contribution in [3.63, 3.8) is 0 Å². The van der Waals surface area contributed by atoms with Gasteiger partial charge in [-0.3, -0.25) is 0 Å². The van der Waals surface area contributed by atoms with Crippen molar-refractivity contribution in [3.05, 3.63) is 29.3 Å². The van der Waals surface area contributed by atoms with Crippen LogP contribution in [0.2, 0.25) is 0 Å². The van der Waals surface area contributed by atoms with Crippen LogP contribution in [0, 0.1) is 0 Å². The van der Waals surface area contributed by atoms with Gasteiger partial charge in [0.05, 0.1) is 0 Å². The molecule has 1 fully saturated rings. The minimum Gasteiger partial charge on any atom is -0.508 e. The standard InChI is InChI=1S/C15H21NOS/c1-18-15(7-8-15)10-16-14-4-2-3-11-5-6-12(17)9-13(11)14/h5-6,9,14,16-17H,2-4,7-8,10H2,1H3. The Balaban J connectivity index is 1.72. The zero-order valence-corrected chi connectivity index (χ0v) is 11.7. The number of hydrogen-bond donors (Lipinski definition) is 2. The minimum atomic E-state index is 0.397. The second kappa shape index (κ2) is 4.78. The summed E-state index contributed by atoms with van der Waals surface area (Å²) in [4.78, 5) is 0. The average molecular weight is 263 g/mol. The first-order valence-electron chi connectivity index (χ1n) is 6.83. The number of rotatable bonds is 4. The van der Waals surface area contributed by atoms with Gasteiger partial charge in [-0.1, -0.05) is 6.07 Å². The Bertz CT molecular complexity index is 442. The van der Waals surface area contributed by atoms with Crippen LogP contribution >= 0.6 is 11.8 Å². The van der Waals surface area contributed by atoms with Gasteiger partial charge in [0.25, 0.3) is 0 Å². The molecule has 2 nitrogen and oxygen atoms in total. The molecule has 1 aromatic carbocycles. The molecule has 0 aliphatic heterocycles. The molecule has 0 amide bonds. The predicted molar refractivity (Wildman–Crippen MR) is 77.3 cm³/mol. The lowest BCUT2D eigenvalue weighted by molar-refractivity contribution is 0.445. The molecule has 0 heterocycles. The molecule has 18 heavy (non-hydrogen) atoms. The van der Waals surface area contributed by atoms with Gasteiger partial charge in [-0.05, 0) is 61.6 Å². The number of thioether (sulfide) groups is 1. The molecule has 1 saturated carbocycles. The van der Waals surface area contributed by atoms with Gasteiger partial charge >= 0.3 is 0 Å². The highest BCUT2D eigenvalue weighted by atomic mass is 32.2. The first kappa shape index (κ1) is 12.4. The molecular weight excluding hydrogens is 242 g/mol. The third-order valence-corrected chi connectivity index (χ3v) is 5.77. The number of aromatic hydroxyl groups is 1. The molecule has 1 aromatic rings. The van der Waals surface area contributed by atoms with E-state index < -0.39 is 0 Å². The van der Waals surface area contributed by atoms with Gasteiger partial charge in [0.1, 0.15) is 5.75 Å². The maximum atomic E-state index is 9.66. The number of benzene rings is 1. The average Bonchev–Trinajstić information content (AvgIpc) is 3.17. The SMILES string of the molecule is CSC1(CNC2CCCc3ccc(O)cc32)CC1. The Labute approximate surface area is 113 Å². The fourth-order valence-corrected chi connectivity index (χ4v) is 3.64. The Morgan fingerprint density at radius 1 is 1.44 bits per heavy atom. The second-order valence-corrected chi connectivity index (χ2v) is 6.87. The van der Waals surface area contributed by atoms with Crippen LogP contribution in [0.1, 0.15) is 42.9 Å². The van der Waals surface area contributed by atoms with Crippen LogP contribution in [-0.2, 0) is 6.42 Å². The van der Waals surface area contributed by atoms with Gasteiger partial charge in [0, 0.05) is 17.3 Å². The van der Waals surface area contributed by atoms with Crippen molar-refractivity contribution in [2.24, 2.45) is 0 Å². The highest BCUT2D eigenvalue weighted by Gasteiger charge is 2.42. The maximum absolute atomic E-state index is 9.66. The van der Waals surface area contributed by atoms with E-state index in [0.717, 1.165) is 13.0 Å². The Morgan fingerprint density at radius 2 is 2.28 bits per heavy atom. The number of hydrogen-bond acceptors (Lipinski definition) is 3. The zero-order chi connectivity index (χ0) is 12.6. The van der Waals surface area contributed by atoms with E-state index in [2.05, 4.69) is 17.6 Å². The molecule has 0 saturated heterocycles. The van der Waals surface area contributed by atoms with Crippen molar-refractivity contribution in [2.75, 3.05) is 12.8 Å². The molecule has 2 aliphatic carbocycles. The summed E-state index contributed by atoms with van der Waals surface area (Å²) >= 11 is 2.00. The third kappa shape index (κ3) is 2.39. The third-order valence-electron chi connectivity index (χ3n) is 4.36. The molecule has 1 atom stereocenters. The number of phenols is 1. The van der Waals surface area contributed by atoms with Crippen LogP contribution in [0.4, 0.5) is 0 Å². The van der Waals surface area contributed by atoms with Crippen LogP contribution < -0.4 is 5.32 Å². The Hall–Kier alpha value is -0.670. The molecular formula is C15H21NOS. The molecule has 0 aromatic heterocycles. The normalized spacial score (nSPS) is 24.6. The smallest absolute Gasteiger partial charge is 0.115 e. The first-order valence-corrected chi connectivity index (χ1v) is 8.05. The van der Waals surface area contributed by atoms with Gasteiger partial charge < -0.3 is 10.4 Å². The van der Waals surface area contributed by atoms with E-state index in [4.69, 9.17) is 0 Å². The summed E-state index contributed by atoms with van der Waals surface area (Å²) in [5.74, 6) is 0.397. The lowest BCUT2D eigenvalue weighted by atomic mass is 9.87. The lowest BCUT2D eigenvalue weighted by Gasteiger charge is -2.28. The summed E-state index contributed by atoms with van der Waals surface area (Å²) in [5, 5.41) is 13.4. The van der Waals surface area contributed by atoms with E-state index in [9.17, 15) is 5.11 Å². The molecule has 2 aliphatic rings. The maximum Gasteiger partial charge on any atom is 0.115 e. The number of aryl methyl sites for hydroxylation is 1. The van der Waals surface area contributed by atoms with Crippen molar-refractivity contribution < 1.29 is 5.11 Å². The largest absolute Gasteiger partial charge is 0.508 e. The van der Waals surface area contributed by atoms with E-state index in [1.165, 1.54) is 36.8 Å². The van der Waals surface area contributed by atoms with Gasteiger partial charge in [-0.15, -0.1) is 0 Å². The number of nitrogens with one attached hydrogen (secondary N) is 1. The minimum absolute atomic E-state index is 0.397. The fourth-order valence-electron chi connectivity index (χ4n) is 2.90. The van der Waals surface area contributed by atoms with E-state index in [1.54, 1.807) is 0 Å². The van der Waals surface area contributed by atoms with E-state index in [0.29, 0.717) is 16.5 Å². The van der Waals surface area contributed by atoms with Gasteiger partial charge in [0.2, 0.25) is 0 Å². The van der Waals surface area contributed by atoms with Crippen molar-refractivity contribution in [1.29, 1.82) is 0 Å². The fraction of sp³-hybridized carbons (Fsp3) is 0.600. The molecule has 98 valence electrons. The predicted octanol–water partition coefficient (Wildman–Crippen LogP) is 3.25. The first-order chi connectivity index (χ1) is 8.72. The van der Waals surface area contributed by atoms with Crippen LogP contribution in [0.5, 0.6) is 5.75 Å². The molecule has 1 unspecified atom stereocenters. The number of fused-ring (bicyclic) bond motifs is 1. The number of phenolic OH excluding ortho intramolecular Hbond substituents is 1. The monoisotopic (exact) mass is 263 g/mol. The van der Waals surface area contributed by atoms with Crippen molar-refractivity contribution in [1.82, 2.24) is 5.32 Å². The Kier molecular flexibility index (Phi) is 3.29. The van der Waals surface area contributed by atoms with Crippen molar-refractivity contribution >= 4 is 11.8 Å². The molecule has 3 heteroatoms. The quantitative estimate of drug-likeness (QED) is 0.874. The van der Waals surface area contributed by atoms with Gasteiger partial charge in [-0.2, -0.15) is 11.8 Å². The molecule has 3 rings (SSSR count). The Morgan fingerprint density at radius 3 is 3.00 bits per heavy atom. The van der Waals surface area contributed by atoms with Gasteiger partial charge in [-0.25, -0.2) is 0 Å². The van der Waals surface area contributed by atoms with Crippen molar-refractivity contribution in [3.8, 4) is 5.75 Å². The molecule has 0 spiro atoms. The molecule has 2 N–H and O–H groups in total. The second-order valence-electron chi connectivity index (χ2n) is 5.60. The van der Waals surface area contributed by atoms with E-state index in [-0.39, 0.29) is 0 Å². The van der Waals surface area contributed by atoms with Crippen LogP contribution in [0.3, 0.4) is 0 Å². The summed E-state index contributed by atoms with van der Waals surface area (Å²) < 4.78 is 0.508. The lowest BCUT2D eigenvalue weighted by Crippen LogP contribution is -2.31. The van der Waals surface area contributed by atoms with Gasteiger partial charge in [0.15, 0.2) is 0 Å². The summed E-state index contributed by atoms with van der Waals surface area (Å²) in [6.07, 6.45) is 8.51. The highest BCUT2D eigenvalue weighted by Crippen LogP contribution is 2.47. The van der Waals surface area contributed by atoms with E-state index >= 15 is 0 Å². The molecule has 0 radical (unpaired) electrons. The van der Waals surface area contributed by atoms with Crippen molar-refractivity contribution in [2.45, 2.75) is 42.9 Å². The summed E-state index contributed by atoms with van der Waals surface area (Å²) in [7, 11) is 0. The zero-order valence-electron chi connectivity index (χ0n) is 10.9. The van der Waals surface area contributed by atoms with Crippen LogP contribution in [0.25, 0.3) is 0 Å².